The molecule has 8 heteroatoms. The average molecular weight is 369 g/mol. The second kappa shape index (κ2) is 6.86. The van der Waals surface area contributed by atoms with Crippen LogP contribution < -0.4 is 10.4 Å². The maximum Gasteiger partial charge on any atom is 0.239 e. The summed E-state index contributed by atoms with van der Waals surface area (Å²) >= 11 is 4.39. The predicted octanol–water partition coefficient (Wildman–Crippen LogP) is 0.901. The number of amidine groups is 1. The molecule has 1 fully saturated rings. The number of nitrogens with one attached hydrogen (secondary N) is 1. The highest BCUT2D eigenvalue weighted by molar-refractivity contribution is 9.10. The molecule has 1 saturated heterocycles. The van der Waals surface area contributed by atoms with Crippen LogP contribution in [0.15, 0.2) is 38.9 Å². The minimum Gasteiger partial charge on any atom is -0.550 e. The SMILES string of the molecule is C/C(=N/N=C1/NC(=O)[C@@H](CC(=O)[O-])S1)c1ccc(Br)cc1. The Kier molecular flexibility index (Phi) is 5.13. The van der Waals surface area contributed by atoms with Crippen LogP contribution in [-0.2, 0) is 9.59 Å². The van der Waals surface area contributed by atoms with E-state index >= 15 is 0 Å². The van der Waals surface area contributed by atoms with Gasteiger partial charge in [0, 0.05) is 16.9 Å². The quantitative estimate of drug-likeness (QED) is 0.630. The molecular weight excluding hydrogens is 358 g/mol. The molecule has 1 aromatic carbocycles. The molecule has 1 aromatic rings. The molecule has 110 valence electrons. The molecule has 0 saturated carbocycles. The van der Waals surface area contributed by atoms with Crippen LogP contribution in [0.2, 0.25) is 0 Å². The molecule has 0 radical (unpaired) electrons. The molecule has 0 bridgehead atoms. The Morgan fingerprint density at radius 2 is 2.10 bits per heavy atom. The second-order valence-corrected chi connectivity index (χ2v) is 6.38. The van der Waals surface area contributed by atoms with Gasteiger partial charge >= 0.3 is 0 Å². The van der Waals surface area contributed by atoms with Crippen molar-refractivity contribution >= 4 is 50.4 Å². The number of carbonyl (C=O) groups excluding carboxylic acids is 2. The van der Waals surface area contributed by atoms with E-state index in [4.69, 9.17) is 0 Å². The summed E-state index contributed by atoms with van der Waals surface area (Å²) in [6, 6.07) is 7.57. The normalized spacial score (nSPS) is 20.7. The summed E-state index contributed by atoms with van der Waals surface area (Å²) in [7, 11) is 0. The molecular formula is C13H11BrN3O3S-. The third-order valence-corrected chi connectivity index (χ3v) is 4.28. The number of hydrogen-bond donors (Lipinski definition) is 1. The minimum atomic E-state index is -1.27. The third kappa shape index (κ3) is 4.40. The lowest BCUT2D eigenvalue weighted by Gasteiger charge is -2.04. The van der Waals surface area contributed by atoms with E-state index in [9.17, 15) is 14.7 Å². The second-order valence-electron chi connectivity index (χ2n) is 4.27. The molecule has 1 aliphatic rings. The first-order chi connectivity index (χ1) is 9.95. The van der Waals surface area contributed by atoms with Crippen LogP contribution in [0, 0.1) is 0 Å². The number of halogens is 1. The lowest BCUT2D eigenvalue weighted by molar-refractivity contribution is -0.305. The molecule has 1 N–H and O–H groups in total. The fourth-order valence-corrected chi connectivity index (χ4v) is 2.77. The highest BCUT2D eigenvalue weighted by Crippen LogP contribution is 2.22. The van der Waals surface area contributed by atoms with E-state index in [0.29, 0.717) is 10.9 Å². The van der Waals surface area contributed by atoms with E-state index in [2.05, 4.69) is 31.4 Å². The summed E-state index contributed by atoms with van der Waals surface area (Å²) in [5.41, 5.74) is 1.59. The number of amides is 1. The number of carboxylic acid groups (broad SMARTS) is 1. The van der Waals surface area contributed by atoms with Crippen LogP contribution in [0.4, 0.5) is 0 Å². The predicted molar refractivity (Wildman–Crippen MR) is 82.9 cm³/mol. The van der Waals surface area contributed by atoms with Gasteiger partial charge in [-0.25, -0.2) is 0 Å². The first-order valence-electron chi connectivity index (χ1n) is 6.01. The fraction of sp³-hybridized carbons (Fsp3) is 0.231. The van der Waals surface area contributed by atoms with Gasteiger partial charge < -0.3 is 15.2 Å². The molecule has 0 unspecified atom stereocenters. The van der Waals surface area contributed by atoms with E-state index < -0.39 is 11.2 Å². The van der Waals surface area contributed by atoms with Gasteiger partial charge in [0.1, 0.15) is 0 Å². The van der Waals surface area contributed by atoms with Gasteiger partial charge in [0.25, 0.3) is 0 Å². The fourth-order valence-electron chi connectivity index (χ4n) is 1.61. The van der Waals surface area contributed by atoms with Crippen molar-refractivity contribution in [3.63, 3.8) is 0 Å². The topological polar surface area (TPSA) is 94.0 Å². The van der Waals surface area contributed by atoms with Crippen molar-refractivity contribution < 1.29 is 14.7 Å². The summed E-state index contributed by atoms with van der Waals surface area (Å²) < 4.78 is 0.967. The van der Waals surface area contributed by atoms with Crippen molar-refractivity contribution in [3.05, 3.63) is 34.3 Å². The number of nitrogens with zero attached hydrogens (tertiary/aromatic N) is 2. The van der Waals surface area contributed by atoms with Crippen LogP contribution in [0.3, 0.4) is 0 Å². The first-order valence-corrected chi connectivity index (χ1v) is 7.68. The van der Waals surface area contributed by atoms with Crippen molar-refractivity contribution in [2.75, 3.05) is 0 Å². The highest BCUT2D eigenvalue weighted by atomic mass is 79.9. The van der Waals surface area contributed by atoms with Gasteiger partial charge in [-0.15, -0.1) is 5.10 Å². The van der Waals surface area contributed by atoms with Crippen LogP contribution in [0.1, 0.15) is 18.9 Å². The highest BCUT2D eigenvalue weighted by Gasteiger charge is 2.30. The van der Waals surface area contributed by atoms with Gasteiger partial charge in [-0.05, 0) is 24.6 Å². The maximum absolute atomic E-state index is 11.5. The third-order valence-electron chi connectivity index (χ3n) is 2.68. The van der Waals surface area contributed by atoms with Gasteiger partial charge in [0.2, 0.25) is 5.91 Å². The van der Waals surface area contributed by atoms with Crippen LogP contribution in [0.5, 0.6) is 0 Å². The summed E-state index contributed by atoms with van der Waals surface area (Å²) in [5, 5.41) is 20.6. The van der Waals surface area contributed by atoms with Crippen molar-refractivity contribution in [1.29, 1.82) is 0 Å². The summed E-state index contributed by atoms with van der Waals surface area (Å²) in [4.78, 5) is 22.0. The number of hydrogen-bond acceptors (Lipinski definition) is 6. The monoisotopic (exact) mass is 368 g/mol. The Bertz CT molecular complexity index is 628. The van der Waals surface area contributed by atoms with Crippen molar-refractivity contribution in [1.82, 2.24) is 5.32 Å². The summed E-state index contributed by atoms with van der Waals surface area (Å²) in [5.74, 6) is -1.65. The van der Waals surface area contributed by atoms with E-state index in [0.717, 1.165) is 21.8 Å². The van der Waals surface area contributed by atoms with Gasteiger partial charge in [-0.2, -0.15) is 5.10 Å². The largest absolute Gasteiger partial charge is 0.550 e. The molecule has 0 aliphatic carbocycles. The van der Waals surface area contributed by atoms with E-state index in [1.807, 2.05) is 24.3 Å². The number of carboxylic acids is 1. The van der Waals surface area contributed by atoms with Crippen molar-refractivity contribution in [2.45, 2.75) is 18.6 Å². The lowest BCUT2D eigenvalue weighted by atomic mass is 10.1. The first kappa shape index (κ1) is 15.7. The minimum absolute atomic E-state index is 0.294. The Balaban J connectivity index is 2.07. The Labute approximate surface area is 133 Å². The van der Waals surface area contributed by atoms with Crippen molar-refractivity contribution in [3.8, 4) is 0 Å². The molecule has 0 aromatic heterocycles. The molecule has 1 amide bonds. The van der Waals surface area contributed by atoms with Gasteiger partial charge in [0.05, 0.1) is 11.0 Å². The number of thioether (sulfide) groups is 1. The Hall–Kier alpha value is -1.67. The van der Waals surface area contributed by atoms with Crippen LogP contribution in [0.25, 0.3) is 0 Å². The average Bonchev–Trinajstić information content (AvgIpc) is 2.77. The Morgan fingerprint density at radius 3 is 2.71 bits per heavy atom. The standard InChI is InChI=1S/C13H12BrN3O3S/c1-7(8-2-4-9(14)5-3-8)16-17-13-15-12(20)10(21-13)6-11(18)19/h2-5,10H,6H2,1H3,(H,18,19)(H,15,17,20)/p-1/b16-7-/t10-/m1/s1. The van der Waals surface area contributed by atoms with Crippen LogP contribution in [-0.4, -0.2) is 28.0 Å². The molecule has 1 heterocycles. The van der Waals surface area contributed by atoms with E-state index in [1.54, 1.807) is 6.92 Å². The van der Waals surface area contributed by atoms with E-state index in [-0.39, 0.29) is 12.3 Å². The number of carbonyl (C=O) groups is 2. The van der Waals surface area contributed by atoms with Crippen molar-refractivity contribution in [2.24, 2.45) is 10.2 Å². The number of rotatable bonds is 4. The molecule has 6 nitrogen and oxygen atoms in total. The molecule has 21 heavy (non-hydrogen) atoms. The number of aliphatic carboxylic acids is 1. The van der Waals surface area contributed by atoms with E-state index in [1.165, 1.54) is 0 Å². The lowest BCUT2D eigenvalue weighted by Crippen LogP contribution is -2.31. The van der Waals surface area contributed by atoms with Gasteiger partial charge in [-0.3, -0.25) is 4.79 Å². The smallest absolute Gasteiger partial charge is 0.239 e. The van der Waals surface area contributed by atoms with Gasteiger partial charge in [0.15, 0.2) is 5.17 Å². The zero-order valence-corrected chi connectivity index (χ0v) is 13.4. The summed E-state index contributed by atoms with van der Waals surface area (Å²) in [6.45, 7) is 1.80. The summed E-state index contributed by atoms with van der Waals surface area (Å²) in [6.07, 6.45) is -0.342. The van der Waals surface area contributed by atoms with Gasteiger partial charge in [-0.1, -0.05) is 39.8 Å². The molecule has 1 atom stereocenters. The molecule has 0 spiro atoms. The van der Waals surface area contributed by atoms with Crippen LogP contribution >= 0.6 is 27.7 Å². The number of benzene rings is 1. The zero-order chi connectivity index (χ0) is 15.4. The molecule has 1 aliphatic heterocycles. The Morgan fingerprint density at radius 1 is 1.43 bits per heavy atom. The zero-order valence-electron chi connectivity index (χ0n) is 11.0. The molecule has 2 rings (SSSR count). The maximum atomic E-state index is 11.5.